The number of amides is 3. The SMILES string of the molecule is NC(=O)c1ccccc1NC(=O)N=S. The number of nitrogens with zero attached hydrogens (tertiary/aromatic N) is 1. The third-order valence-corrected chi connectivity index (χ3v) is 1.68. The third kappa shape index (κ3) is 2.33. The third-order valence-electron chi connectivity index (χ3n) is 1.52. The zero-order valence-electron chi connectivity index (χ0n) is 7.06. The van der Waals surface area contributed by atoms with Gasteiger partial charge in [-0.15, -0.1) is 4.36 Å². The van der Waals surface area contributed by atoms with Crippen LogP contribution in [0.15, 0.2) is 28.6 Å². The van der Waals surface area contributed by atoms with Crippen LogP contribution in [-0.2, 0) is 12.4 Å². The highest BCUT2D eigenvalue weighted by atomic mass is 32.1. The molecule has 1 aromatic rings. The van der Waals surface area contributed by atoms with Gasteiger partial charge in [-0.1, -0.05) is 12.1 Å². The first-order chi connectivity index (χ1) is 6.65. The number of carbonyl (C=O) groups excluding carboxylic acids is 2. The smallest absolute Gasteiger partial charge is 0.356 e. The summed E-state index contributed by atoms with van der Waals surface area (Å²) in [4.78, 5) is 21.7. The fraction of sp³-hybridized carbons (Fsp3) is 0. The number of primary amides is 1. The van der Waals surface area contributed by atoms with E-state index in [2.05, 4.69) is 22.1 Å². The van der Waals surface area contributed by atoms with Crippen molar-refractivity contribution in [3.05, 3.63) is 29.8 Å². The van der Waals surface area contributed by atoms with E-state index in [1.54, 1.807) is 18.2 Å². The zero-order chi connectivity index (χ0) is 10.6. The predicted octanol–water partition coefficient (Wildman–Crippen LogP) is 1.05. The van der Waals surface area contributed by atoms with Gasteiger partial charge in [-0.3, -0.25) is 4.79 Å². The van der Waals surface area contributed by atoms with E-state index in [1.807, 2.05) is 0 Å². The van der Waals surface area contributed by atoms with Crippen molar-refractivity contribution in [3.63, 3.8) is 0 Å². The molecule has 0 spiro atoms. The molecule has 0 bridgehead atoms. The van der Waals surface area contributed by atoms with Crippen molar-refractivity contribution in [2.24, 2.45) is 10.1 Å². The van der Waals surface area contributed by atoms with Gasteiger partial charge in [0.15, 0.2) is 0 Å². The maximum Gasteiger partial charge on any atom is 0.356 e. The molecule has 3 N–H and O–H groups in total. The highest BCUT2D eigenvalue weighted by Gasteiger charge is 2.08. The molecule has 0 heterocycles. The molecule has 0 aromatic heterocycles. The van der Waals surface area contributed by atoms with E-state index in [4.69, 9.17) is 5.73 Å². The summed E-state index contributed by atoms with van der Waals surface area (Å²) in [7, 11) is 0. The summed E-state index contributed by atoms with van der Waals surface area (Å²) in [6.45, 7) is 0. The molecule has 0 saturated carbocycles. The average molecular weight is 209 g/mol. The Kier molecular flexibility index (Phi) is 3.24. The molecule has 0 atom stereocenters. The fourth-order valence-corrected chi connectivity index (χ4v) is 0.991. The van der Waals surface area contributed by atoms with E-state index in [1.165, 1.54) is 6.07 Å². The first kappa shape index (κ1) is 10.3. The fourth-order valence-electron chi connectivity index (χ4n) is 0.945. The van der Waals surface area contributed by atoms with Gasteiger partial charge >= 0.3 is 6.03 Å². The minimum absolute atomic E-state index is 0.222. The highest BCUT2D eigenvalue weighted by molar-refractivity contribution is 7.47. The second-order valence-electron chi connectivity index (χ2n) is 2.43. The minimum Gasteiger partial charge on any atom is -0.366 e. The lowest BCUT2D eigenvalue weighted by atomic mass is 10.1. The Labute approximate surface area is 85.5 Å². The maximum atomic E-state index is 10.9. The van der Waals surface area contributed by atoms with Gasteiger partial charge in [0.2, 0.25) is 0 Å². The molecule has 0 aliphatic rings. The number of rotatable bonds is 2. The van der Waals surface area contributed by atoms with Crippen molar-refractivity contribution in [3.8, 4) is 0 Å². The Balaban J connectivity index is 3.01. The van der Waals surface area contributed by atoms with Gasteiger partial charge in [-0.2, -0.15) is 0 Å². The second-order valence-corrected chi connectivity index (χ2v) is 2.61. The van der Waals surface area contributed by atoms with Crippen LogP contribution in [0.2, 0.25) is 0 Å². The maximum absolute atomic E-state index is 10.9. The average Bonchev–Trinajstić information content (AvgIpc) is 2.18. The number of para-hydroxylation sites is 1. The van der Waals surface area contributed by atoms with Gasteiger partial charge in [0.25, 0.3) is 5.91 Å². The Morgan fingerprint density at radius 2 is 2.00 bits per heavy atom. The van der Waals surface area contributed by atoms with E-state index < -0.39 is 11.9 Å². The van der Waals surface area contributed by atoms with Gasteiger partial charge < -0.3 is 11.1 Å². The first-order valence-electron chi connectivity index (χ1n) is 3.68. The van der Waals surface area contributed by atoms with Crippen LogP contribution in [0.25, 0.3) is 0 Å². The monoisotopic (exact) mass is 209 g/mol. The molecule has 1 rings (SSSR count). The van der Waals surface area contributed by atoms with E-state index in [9.17, 15) is 9.59 Å². The van der Waals surface area contributed by atoms with E-state index >= 15 is 0 Å². The Morgan fingerprint density at radius 1 is 1.36 bits per heavy atom. The number of hydrogen-bond donors (Lipinski definition) is 2. The van der Waals surface area contributed by atoms with Crippen LogP contribution in [0.3, 0.4) is 0 Å². The molecule has 0 saturated heterocycles. The Bertz CT molecular complexity index is 392. The van der Waals surface area contributed by atoms with Crippen LogP contribution in [0.5, 0.6) is 0 Å². The lowest BCUT2D eigenvalue weighted by Crippen LogP contribution is -2.15. The number of nitrogens with one attached hydrogen (secondary N) is 1. The van der Waals surface area contributed by atoms with Crippen molar-refractivity contribution in [2.45, 2.75) is 0 Å². The summed E-state index contributed by atoms with van der Waals surface area (Å²) < 4.78 is 2.97. The molecule has 0 unspecified atom stereocenters. The molecule has 14 heavy (non-hydrogen) atoms. The van der Waals surface area contributed by atoms with Crippen LogP contribution < -0.4 is 11.1 Å². The molecule has 1 aromatic carbocycles. The summed E-state index contributed by atoms with van der Waals surface area (Å²) in [5.74, 6) is -0.620. The molecule has 5 nitrogen and oxygen atoms in total. The van der Waals surface area contributed by atoms with Crippen molar-refractivity contribution in [1.29, 1.82) is 0 Å². The molecule has 6 heteroatoms. The zero-order valence-corrected chi connectivity index (χ0v) is 7.88. The van der Waals surface area contributed by atoms with Gasteiger partial charge in [0.05, 0.1) is 11.3 Å². The Hall–Kier alpha value is -1.82. The molecule has 0 aliphatic carbocycles. The van der Waals surface area contributed by atoms with Crippen LogP contribution in [0.4, 0.5) is 10.5 Å². The van der Waals surface area contributed by atoms with Crippen LogP contribution in [0, 0.1) is 0 Å². The van der Waals surface area contributed by atoms with Gasteiger partial charge in [0.1, 0.15) is 0 Å². The van der Waals surface area contributed by atoms with Crippen LogP contribution in [0.1, 0.15) is 10.4 Å². The second kappa shape index (κ2) is 4.43. The minimum atomic E-state index is -0.700. The summed E-state index contributed by atoms with van der Waals surface area (Å²) in [5, 5.41) is 2.33. The van der Waals surface area contributed by atoms with Crippen molar-refractivity contribution < 1.29 is 9.59 Å². The van der Waals surface area contributed by atoms with Gasteiger partial charge in [0, 0.05) is 12.4 Å². The molecular formula is C8H7N3O2S. The number of anilines is 1. The van der Waals surface area contributed by atoms with E-state index in [0.717, 1.165) is 0 Å². The van der Waals surface area contributed by atoms with E-state index in [0.29, 0.717) is 5.69 Å². The lowest BCUT2D eigenvalue weighted by molar-refractivity contribution is 0.100. The molecular weight excluding hydrogens is 202 g/mol. The standard InChI is InChI=1S/C8H7N3O2S/c9-7(12)5-3-1-2-4-6(5)10-8(13)11-14/h1-4H,(H2,9,12)(H,10,13). The summed E-state index contributed by atoms with van der Waals surface area (Å²) in [5.41, 5.74) is 5.61. The normalized spacial score (nSPS) is 9.14. The molecule has 3 amide bonds. The number of urea groups is 1. The van der Waals surface area contributed by atoms with Gasteiger partial charge in [-0.25, -0.2) is 4.79 Å². The highest BCUT2D eigenvalue weighted by Crippen LogP contribution is 2.14. The molecule has 0 aliphatic heterocycles. The topological polar surface area (TPSA) is 84.5 Å². The van der Waals surface area contributed by atoms with Crippen molar-refractivity contribution in [1.82, 2.24) is 0 Å². The van der Waals surface area contributed by atoms with Crippen molar-refractivity contribution in [2.75, 3.05) is 5.32 Å². The first-order valence-corrected chi connectivity index (χ1v) is 4.05. The van der Waals surface area contributed by atoms with Crippen LogP contribution >= 0.6 is 0 Å². The van der Waals surface area contributed by atoms with Crippen LogP contribution in [-0.4, -0.2) is 11.9 Å². The number of hydrogen-bond acceptors (Lipinski definition) is 3. The quantitative estimate of drug-likeness (QED) is 0.763. The molecule has 0 radical (unpaired) electrons. The number of carbonyl (C=O) groups is 2. The molecule has 0 fully saturated rings. The number of nitrogens with two attached hydrogens (primary N) is 1. The predicted molar refractivity (Wildman–Crippen MR) is 53.8 cm³/mol. The summed E-state index contributed by atoms with van der Waals surface area (Å²) >= 11 is 4.18. The lowest BCUT2D eigenvalue weighted by Gasteiger charge is -2.04. The molecule has 72 valence electrons. The largest absolute Gasteiger partial charge is 0.366 e. The van der Waals surface area contributed by atoms with Gasteiger partial charge in [-0.05, 0) is 12.1 Å². The number of benzene rings is 1. The summed E-state index contributed by atoms with van der Waals surface area (Å²) in [6, 6.07) is 5.64. The Morgan fingerprint density at radius 3 is 2.57 bits per heavy atom. The van der Waals surface area contributed by atoms with Crippen molar-refractivity contribution >= 4 is 30.1 Å². The summed E-state index contributed by atoms with van der Waals surface area (Å²) in [6.07, 6.45) is 0. The van der Waals surface area contributed by atoms with E-state index in [-0.39, 0.29) is 5.56 Å².